The summed E-state index contributed by atoms with van der Waals surface area (Å²) in [6.07, 6.45) is 0. The Bertz CT molecular complexity index is 442. The molecule has 1 saturated heterocycles. The zero-order valence-corrected chi connectivity index (χ0v) is 14.7. The van der Waals surface area contributed by atoms with Crippen molar-refractivity contribution < 1.29 is 25.9 Å². The number of rotatable bonds is 2. The van der Waals surface area contributed by atoms with Gasteiger partial charge in [0.05, 0.1) is 0 Å². The third-order valence-corrected chi connectivity index (χ3v) is 6.12. The van der Waals surface area contributed by atoms with Crippen LogP contribution in [0.3, 0.4) is 0 Å². The molecule has 2 rings (SSSR count). The van der Waals surface area contributed by atoms with Gasteiger partial charge >= 0.3 is 127 Å². The Kier molecular flexibility index (Phi) is 4.58. The van der Waals surface area contributed by atoms with Gasteiger partial charge in [-0.2, -0.15) is 0 Å². The second kappa shape index (κ2) is 5.85. The van der Waals surface area contributed by atoms with Gasteiger partial charge in [-0.15, -0.1) is 0 Å². The van der Waals surface area contributed by atoms with Gasteiger partial charge in [0.25, 0.3) is 0 Å². The van der Waals surface area contributed by atoms with E-state index in [2.05, 4.69) is 49.7 Å². The van der Waals surface area contributed by atoms with E-state index in [9.17, 15) is 0 Å². The van der Waals surface area contributed by atoms with E-state index < -0.39 is 0 Å². The van der Waals surface area contributed by atoms with Crippen LogP contribution in [0.25, 0.3) is 0 Å². The standard InChI is InChI=1S/C15H24IN2O/c1-11-8-13(18-7-6-16-10-12(18)2)9-14(17-11)19-15(3,4)5/h8-9,12H,6-7,10H2,1-5H3/q-1/t12-/m1/s1. The number of aromatic nitrogens is 1. The third-order valence-electron chi connectivity index (χ3n) is 2.98. The van der Waals surface area contributed by atoms with E-state index in [1.807, 2.05) is 6.92 Å². The van der Waals surface area contributed by atoms with Crippen LogP contribution in [0.2, 0.25) is 0 Å². The van der Waals surface area contributed by atoms with E-state index in [0.717, 1.165) is 11.6 Å². The van der Waals surface area contributed by atoms with Gasteiger partial charge in [0.1, 0.15) is 0 Å². The van der Waals surface area contributed by atoms with Crippen LogP contribution in [0.15, 0.2) is 12.1 Å². The second-order valence-corrected chi connectivity index (χ2v) is 9.13. The van der Waals surface area contributed by atoms with Crippen LogP contribution in [0, 0.1) is 6.92 Å². The van der Waals surface area contributed by atoms with Gasteiger partial charge in [0.15, 0.2) is 0 Å². The first-order chi connectivity index (χ1) is 8.85. The summed E-state index contributed by atoms with van der Waals surface area (Å²) in [5.41, 5.74) is 2.10. The third kappa shape index (κ3) is 4.23. The van der Waals surface area contributed by atoms with Crippen molar-refractivity contribution in [2.24, 2.45) is 0 Å². The Morgan fingerprint density at radius 3 is 2.74 bits per heavy atom. The number of anilines is 1. The van der Waals surface area contributed by atoms with Crippen LogP contribution in [0.5, 0.6) is 5.88 Å². The molecule has 2 heterocycles. The Balaban J connectivity index is 2.25. The monoisotopic (exact) mass is 375 g/mol. The van der Waals surface area contributed by atoms with E-state index >= 15 is 0 Å². The fraction of sp³-hybridized carbons (Fsp3) is 0.667. The van der Waals surface area contributed by atoms with Crippen molar-refractivity contribution in [2.75, 3.05) is 20.3 Å². The van der Waals surface area contributed by atoms with Crippen LogP contribution < -0.4 is 30.8 Å². The minimum atomic E-state index is -0.197. The molecule has 108 valence electrons. The molecule has 0 spiro atoms. The van der Waals surface area contributed by atoms with Crippen LogP contribution in [-0.4, -0.2) is 32.0 Å². The summed E-state index contributed by atoms with van der Waals surface area (Å²) in [7, 11) is 0. The Labute approximate surface area is 127 Å². The van der Waals surface area contributed by atoms with Gasteiger partial charge in [-0.25, -0.2) is 0 Å². The molecule has 4 heteroatoms. The molecule has 0 unspecified atom stereocenters. The molecule has 1 aromatic rings. The number of halogens is 1. The molecule has 1 aliphatic rings. The number of aryl methyl sites for hydroxylation is 1. The molecular weight excluding hydrogens is 351 g/mol. The quantitative estimate of drug-likeness (QED) is 0.532. The molecule has 0 aliphatic carbocycles. The number of hydrogen-bond acceptors (Lipinski definition) is 3. The molecule has 0 bridgehead atoms. The minimum absolute atomic E-state index is 0.197. The zero-order valence-electron chi connectivity index (χ0n) is 12.5. The van der Waals surface area contributed by atoms with Crippen LogP contribution in [-0.2, 0) is 0 Å². The van der Waals surface area contributed by atoms with E-state index in [0.29, 0.717) is 27.2 Å². The summed E-state index contributed by atoms with van der Waals surface area (Å²) in [4.78, 5) is 7.00. The molecule has 1 aromatic heterocycles. The van der Waals surface area contributed by atoms with Gasteiger partial charge in [-0.1, -0.05) is 0 Å². The summed E-state index contributed by atoms with van der Waals surface area (Å²) >= 11 is 0.428. The number of hydrogen-bond donors (Lipinski definition) is 0. The Hall–Kier alpha value is -0.520. The molecule has 0 radical (unpaired) electrons. The van der Waals surface area contributed by atoms with Crippen molar-refractivity contribution in [1.82, 2.24) is 4.98 Å². The summed E-state index contributed by atoms with van der Waals surface area (Å²) in [5.74, 6) is 0.745. The van der Waals surface area contributed by atoms with Crippen LogP contribution in [0.4, 0.5) is 5.69 Å². The summed E-state index contributed by atoms with van der Waals surface area (Å²) in [5, 5.41) is 0. The fourth-order valence-corrected chi connectivity index (χ4v) is 4.90. The SMILES string of the molecule is Cc1cc(N2CC[I-]C[C@H]2C)cc(OC(C)(C)C)n1. The molecule has 0 amide bonds. The first-order valence-electron chi connectivity index (χ1n) is 6.83. The summed E-state index contributed by atoms with van der Waals surface area (Å²) < 4.78 is 8.69. The average Bonchev–Trinajstić information content (AvgIpc) is 2.26. The first kappa shape index (κ1) is 14.9. The number of alkyl halides is 2. The van der Waals surface area contributed by atoms with Gasteiger partial charge in [-0.3, -0.25) is 0 Å². The van der Waals surface area contributed by atoms with Crippen molar-refractivity contribution in [3.63, 3.8) is 0 Å². The summed E-state index contributed by atoms with van der Waals surface area (Å²) in [6.45, 7) is 11.7. The predicted molar refractivity (Wildman–Crippen MR) is 75.9 cm³/mol. The molecule has 1 atom stereocenters. The maximum absolute atomic E-state index is 5.92. The van der Waals surface area contributed by atoms with Crippen LogP contribution >= 0.6 is 0 Å². The Morgan fingerprint density at radius 2 is 2.11 bits per heavy atom. The van der Waals surface area contributed by atoms with Crippen molar-refractivity contribution >= 4 is 5.69 Å². The van der Waals surface area contributed by atoms with E-state index in [4.69, 9.17) is 4.74 Å². The molecule has 0 aromatic carbocycles. The molecule has 0 saturated carbocycles. The molecule has 19 heavy (non-hydrogen) atoms. The van der Waals surface area contributed by atoms with E-state index in [-0.39, 0.29) is 5.60 Å². The van der Waals surface area contributed by atoms with Gasteiger partial charge < -0.3 is 0 Å². The second-order valence-electron chi connectivity index (χ2n) is 6.09. The molecule has 1 fully saturated rings. The fourth-order valence-electron chi connectivity index (χ4n) is 2.23. The van der Waals surface area contributed by atoms with Crippen molar-refractivity contribution in [1.29, 1.82) is 0 Å². The van der Waals surface area contributed by atoms with Gasteiger partial charge in [0.2, 0.25) is 0 Å². The predicted octanol–water partition coefficient (Wildman–Crippen LogP) is -0.135. The number of nitrogens with zero attached hydrogens (tertiary/aromatic N) is 2. The van der Waals surface area contributed by atoms with E-state index in [1.54, 1.807) is 0 Å². The normalized spacial score (nSPS) is 20.9. The van der Waals surface area contributed by atoms with Gasteiger partial charge in [-0.05, 0) is 0 Å². The van der Waals surface area contributed by atoms with Crippen molar-refractivity contribution in [3.05, 3.63) is 17.8 Å². The topological polar surface area (TPSA) is 25.4 Å². The number of pyridine rings is 1. The Morgan fingerprint density at radius 1 is 1.37 bits per heavy atom. The number of ether oxygens (including phenoxy) is 1. The van der Waals surface area contributed by atoms with E-state index in [1.165, 1.54) is 21.1 Å². The molecule has 0 N–H and O–H groups in total. The van der Waals surface area contributed by atoms with Crippen molar-refractivity contribution in [2.45, 2.75) is 46.3 Å². The average molecular weight is 375 g/mol. The van der Waals surface area contributed by atoms with Gasteiger partial charge in [0, 0.05) is 0 Å². The maximum atomic E-state index is 5.92. The first-order valence-corrected chi connectivity index (χ1v) is 9.88. The molecule has 3 nitrogen and oxygen atoms in total. The molecular formula is C15H24IN2O-. The van der Waals surface area contributed by atoms with Crippen LogP contribution in [0.1, 0.15) is 33.4 Å². The zero-order chi connectivity index (χ0) is 14.0. The van der Waals surface area contributed by atoms with Crippen molar-refractivity contribution in [3.8, 4) is 5.88 Å². The summed E-state index contributed by atoms with van der Waals surface area (Å²) in [6, 6.07) is 4.93. The molecule has 1 aliphatic heterocycles.